The number of pyridine rings is 1. The Bertz CT molecular complexity index is 749. The summed E-state index contributed by atoms with van der Waals surface area (Å²) in [6.45, 7) is 10.5. The molecular formula is C16H17ClN4O. The average Bonchev–Trinajstić information content (AvgIpc) is 2.86. The van der Waals surface area contributed by atoms with Crippen LogP contribution in [0.5, 0.6) is 0 Å². The number of ether oxygens (including phenoxy) is 1. The number of allylic oxidation sites excluding steroid dienone is 1. The first-order valence-electron chi connectivity index (χ1n) is 7.01. The highest BCUT2D eigenvalue weighted by atomic mass is 35.5. The van der Waals surface area contributed by atoms with Crippen LogP contribution in [-0.2, 0) is 11.3 Å². The van der Waals surface area contributed by atoms with E-state index < -0.39 is 0 Å². The maximum Gasteiger partial charge on any atom is 0.155 e. The van der Waals surface area contributed by atoms with Crippen molar-refractivity contribution in [2.75, 3.05) is 19.7 Å². The largest absolute Gasteiger partial charge is 0.490 e. The van der Waals surface area contributed by atoms with Crippen molar-refractivity contribution in [1.29, 1.82) is 0 Å². The summed E-state index contributed by atoms with van der Waals surface area (Å²) >= 11 is 6.00. The summed E-state index contributed by atoms with van der Waals surface area (Å²) in [7, 11) is 0. The molecule has 6 heteroatoms. The minimum absolute atomic E-state index is 0.415. The monoisotopic (exact) mass is 316 g/mol. The van der Waals surface area contributed by atoms with Crippen molar-refractivity contribution in [2.45, 2.75) is 6.54 Å². The molecule has 0 saturated heterocycles. The third-order valence-corrected chi connectivity index (χ3v) is 3.76. The first kappa shape index (κ1) is 14.8. The number of halogens is 1. The molecule has 0 fully saturated rings. The van der Waals surface area contributed by atoms with E-state index in [1.807, 2.05) is 6.20 Å². The Morgan fingerprint density at radius 3 is 3.14 bits per heavy atom. The molecule has 0 aromatic carbocycles. The second kappa shape index (κ2) is 6.34. The number of fused-ring (bicyclic) bond motifs is 1. The predicted molar refractivity (Wildman–Crippen MR) is 87.3 cm³/mol. The molecule has 3 heterocycles. The molecule has 0 unspecified atom stereocenters. The van der Waals surface area contributed by atoms with E-state index in [1.54, 1.807) is 12.3 Å². The first-order valence-corrected chi connectivity index (χ1v) is 7.38. The summed E-state index contributed by atoms with van der Waals surface area (Å²) in [4.78, 5) is 6.64. The third kappa shape index (κ3) is 3.05. The van der Waals surface area contributed by atoms with E-state index in [4.69, 9.17) is 16.3 Å². The van der Waals surface area contributed by atoms with Gasteiger partial charge < -0.3 is 4.74 Å². The van der Waals surface area contributed by atoms with Crippen LogP contribution < -0.4 is 0 Å². The maximum absolute atomic E-state index is 6.00. The van der Waals surface area contributed by atoms with Crippen molar-refractivity contribution in [1.82, 2.24) is 20.1 Å². The summed E-state index contributed by atoms with van der Waals surface area (Å²) in [5.74, 6) is 0.641. The Labute approximate surface area is 133 Å². The maximum atomic E-state index is 6.00. The number of aromatic amines is 1. The molecule has 1 aliphatic rings. The molecule has 114 valence electrons. The molecule has 0 aliphatic carbocycles. The molecule has 0 saturated carbocycles. The number of rotatable bonds is 4. The number of nitrogens with one attached hydrogen (secondary N) is 1. The molecule has 22 heavy (non-hydrogen) atoms. The summed E-state index contributed by atoms with van der Waals surface area (Å²) in [5.41, 5.74) is 2.88. The lowest BCUT2D eigenvalue weighted by Crippen LogP contribution is -2.27. The third-order valence-electron chi connectivity index (χ3n) is 3.59. The lowest BCUT2D eigenvalue weighted by atomic mass is 10.2. The lowest BCUT2D eigenvalue weighted by Gasteiger charge is -2.19. The second-order valence-electron chi connectivity index (χ2n) is 5.17. The molecule has 1 aliphatic heterocycles. The number of hydrogen-bond acceptors (Lipinski definition) is 4. The SMILES string of the molecule is C=CC1=C(C(=C)Cl)OCCN(Cc2cnc3[nH]ncc3c2)C1. The molecule has 2 aromatic rings. The van der Waals surface area contributed by atoms with Crippen molar-refractivity contribution in [2.24, 2.45) is 0 Å². The van der Waals surface area contributed by atoms with Crippen LogP contribution >= 0.6 is 11.6 Å². The zero-order chi connectivity index (χ0) is 15.5. The Balaban J connectivity index is 1.80. The summed E-state index contributed by atoms with van der Waals surface area (Å²) < 4.78 is 5.70. The number of nitrogens with zero attached hydrogens (tertiary/aromatic N) is 3. The highest BCUT2D eigenvalue weighted by Crippen LogP contribution is 2.23. The van der Waals surface area contributed by atoms with Crippen LogP contribution in [-0.4, -0.2) is 39.8 Å². The first-order chi connectivity index (χ1) is 10.7. The van der Waals surface area contributed by atoms with E-state index in [1.165, 1.54) is 0 Å². The van der Waals surface area contributed by atoms with Crippen LogP contribution in [0, 0.1) is 0 Å². The Morgan fingerprint density at radius 1 is 1.50 bits per heavy atom. The second-order valence-corrected chi connectivity index (χ2v) is 5.63. The van der Waals surface area contributed by atoms with Crippen LogP contribution in [0.2, 0.25) is 0 Å². The van der Waals surface area contributed by atoms with Gasteiger partial charge in [-0.2, -0.15) is 5.10 Å². The summed E-state index contributed by atoms with van der Waals surface area (Å²) in [6, 6.07) is 2.09. The average molecular weight is 317 g/mol. The standard InChI is InChI=1S/C16H17ClN4O/c1-3-13-10-21(4-5-22-15(13)11(2)17)9-12-6-14-8-19-20-16(14)18-7-12/h3,6-8H,1-2,4-5,9-10H2,(H,18,19,20). The van der Waals surface area contributed by atoms with Crippen LogP contribution in [0.3, 0.4) is 0 Å². The van der Waals surface area contributed by atoms with Gasteiger partial charge in [-0.3, -0.25) is 10.00 Å². The van der Waals surface area contributed by atoms with E-state index in [9.17, 15) is 0 Å². The van der Waals surface area contributed by atoms with Gasteiger partial charge in [-0.25, -0.2) is 4.98 Å². The van der Waals surface area contributed by atoms with Gasteiger partial charge >= 0.3 is 0 Å². The fraction of sp³-hybridized carbons (Fsp3) is 0.250. The van der Waals surface area contributed by atoms with Gasteiger partial charge in [0.05, 0.1) is 11.2 Å². The van der Waals surface area contributed by atoms with Crippen LogP contribution in [0.4, 0.5) is 0 Å². The van der Waals surface area contributed by atoms with Crippen LogP contribution in [0.25, 0.3) is 11.0 Å². The minimum atomic E-state index is 0.415. The van der Waals surface area contributed by atoms with Crippen molar-refractivity contribution in [3.05, 3.63) is 59.6 Å². The number of aromatic nitrogens is 3. The van der Waals surface area contributed by atoms with Gasteiger partial charge in [-0.05, 0) is 11.6 Å². The predicted octanol–water partition coefficient (Wildman–Crippen LogP) is 2.98. The molecule has 5 nitrogen and oxygen atoms in total. The van der Waals surface area contributed by atoms with Gasteiger partial charge in [0.1, 0.15) is 12.4 Å². The molecule has 2 aromatic heterocycles. The fourth-order valence-electron chi connectivity index (χ4n) is 2.53. The Morgan fingerprint density at radius 2 is 2.36 bits per heavy atom. The molecule has 0 amide bonds. The molecule has 0 spiro atoms. The van der Waals surface area contributed by atoms with Crippen LogP contribution in [0.1, 0.15) is 5.56 Å². The van der Waals surface area contributed by atoms with Gasteiger partial charge in [-0.1, -0.05) is 30.8 Å². The number of H-pyrrole nitrogens is 1. The molecule has 0 bridgehead atoms. The van der Waals surface area contributed by atoms with Gasteiger partial charge in [0.25, 0.3) is 0 Å². The topological polar surface area (TPSA) is 54.0 Å². The van der Waals surface area contributed by atoms with Gasteiger partial charge in [0.15, 0.2) is 5.65 Å². The van der Waals surface area contributed by atoms with E-state index in [0.29, 0.717) is 23.9 Å². The highest BCUT2D eigenvalue weighted by Gasteiger charge is 2.18. The summed E-state index contributed by atoms with van der Waals surface area (Å²) in [6.07, 6.45) is 5.42. The van der Waals surface area contributed by atoms with Crippen LogP contribution in [0.15, 0.2) is 54.1 Å². The van der Waals surface area contributed by atoms with E-state index >= 15 is 0 Å². The van der Waals surface area contributed by atoms with E-state index in [0.717, 1.165) is 35.3 Å². The van der Waals surface area contributed by atoms with Crippen molar-refractivity contribution >= 4 is 22.6 Å². The number of hydrogen-bond donors (Lipinski definition) is 1. The van der Waals surface area contributed by atoms with Crippen molar-refractivity contribution < 1.29 is 4.74 Å². The lowest BCUT2D eigenvalue weighted by molar-refractivity contribution is 0.185. The zero-order valence-electron chi connectivity index (χ0n) is 12.2. The minimum Gasteiger partial charge on any atom is -0.490 e. The normalized spacial score (nSPS) is 16.4. The molecule has 0 atom stereocenters. The zero-order valence-corrected chi connectivity index (χ0v) is 12.9. The van der Waals surface area contributed by atoms with Gasteiger partial charge in [-0.15, -0.1) is 0 Å². The Kier molecular flexibility index (Phi) is 4.27. The summed E-state index contributed by atoms with van der Waals surface area (Å²) in [5, 5.41) is 8.27. The molecule has 0 radical (unpaired) electrons. The van der Waals surface area contributed by atoms with E-state index in [-0.39, 0.29) is 0 Å². The fourth-order valence-corrected chi connectivity index (χ4v) is 2.71. The molecular weight excluding hydrogens is 300 g/mol. The Hall–Kier alpha value is -2.11. The highest BCUT2D eigenvalue weighted by molar-refractivity contribution is 6.31. The van der Waals surface area contributed by atoms with Crippen molar-refractivity contribution in [3.63, 3.8) is 0 Å². The quantitative estimate of drug-likeness (QED) is 0.942. The van der Waals surface area contributed by atoms with Gasteiger partial charge in [0.2, 0.25) is 0 Å². The molecule has 3 rings (SSSR count). The van der Waals surface area contributed by atoms with Gasteiger partial charge in [0, 0.05) is 36.8 Å². The van der Waals surface area contributed by atoms with Crippen molar-refractivity contribution in [3.8, 4) is 0 Å². The smallest absolute Gasteiger partial charge is 0.155 e. The van der Waals surface area contributed by atoms with E-state index in [2.05, 4.69) is 39.3 Å². The molecule has 1 N–H and O–H groups in total.